The molecule has 0 saturated carbocycles. The molecule has 2 fully saturated rings. The van der Waals surface area contributed by atoms with Gasteiger partial charge in [0, 0.05) is 71.7 Å². The van der Waals surface area contributed by atoms with E-state index in [2.05, 4.69) is 29.2 Å². The summed E-state index contributed by atoms with van der Waals surface area (Å²) >= 11 is 0. The maximum atomic E-state index is 12.5. The van der Waals surface area contributed by atoms with Gasteiger partial charge in [0.15, 0.2) is 0 Å². The van der Waals surface area contributed by atoms with Gasteiger partial charge in [0.25, 0.3) is 0 Å². The molecule has 31 heavy (non-hydrogen) atoms. The molecule has 8 nitrogen and oxygen atoms in total. The van der Waals surface area contributed by atoms with E-state index in [1.807, 2.05) is 23.1 Å². The minimum Gasteiger partial charge on any atom is -0.340 e. The van der Waals surface area contributed by atoms with Gasteiger partial charge in [-0.3, -0.25) is 14.5 Å². The van der Waals surface area contributed by atoms with Crippen LogP contribution in [0.15, 0.2) is 36.4 Å². The number of carbonyl (C=O) groups excluding carboxylic acids is 2. The highest BCUT2D eigenvalue weighted by Crippen LogP contribution is 2.11. The summed E-state index contributed by atoms with van der Waals surface area (Å²) in [6.45, 7) is 5.27. The van der Waals surface area contributed by atoms with Gasteiger partial charge >= 0.3 is 0 Å². The molecule has 0 atom stereocenters. The normalized spacial score (nSPS) is 19.1. The molecule has 2 heterocycles. The summed E-state index contributed by atoms with van der Waals surface area (Å²) < 4.78 is 24.5. The van der Waals surface area contributed by atoms with Crippen molar-refractivity contribution >= 4 is 27.9 Å². The van der Waals surface area contributed by atoms with Crippen molar-refractivity contribution in [2.45, 2.75) is 12.8 Å². The molecule has 0 unspecified atom stereocenters. The predicted molar refractivity (Wildman–Crippen MR) is 121 cm³/mol. The molecule has 3 rings (SSSR count). The molecule has 0 spiro atoms. The molecule has 170 valence electrons. The first kappa shape index (κ1) is 23.4. The van der Waals surface area contributed by atoms with Crippen molar-refractivity contribution < 1.29 is 18.0 Å². The number of amides is 2. The summed E-state index contributed by atoms with van der Waals surface area (Å²) in [4.78, 5) is 30.7. The molecule has 2 saturated heterocycles. The molecule has 1 aromatic rings. The lowest BCUT2D eigenvalue weighted by atomic mass is 10.2. The van der Waals surface area contributed by atoms with Crippen molar-refractivity contribution in [3.05, 3.63) is 42.0 Å². The zero-order chi connectivity index (χ0) is 22.3. The van der Waals surface area contributed by atoms with Crippen LogP contribution in [0.2, 0.25) is 0 Å². The van der Waals surface area contributed by atoms with Crippen LogP contribution in [-0.4, -0.2) is 104 Å². The van der Waals surface area contributed by atoms with E-state index in [-0.39, 0.29) is 24.7 Å². The Bertz CT molecular complexity index is 872. The van der Waals surface area contributed by atoms with E-state index in [0.29, 0.717) is 39.3 Å². The number of rotatable bonds is 7. The lowest BCUT2D eigenvalue weighted by molar-refractivity contribution is -0.138. The summed E-state index contributed by atoms with van der Waals surface area (Å²) in [6, 6.07) is 10.2. The van der Waals surface area contributed by atoms with Gasteiger partial charge in [-0.05, 0) is 5.56 Å². The third kappa shape index (κ3) is 7.15. The van der Waals surface area contributed by atoms with Crippen LogP contribution < -0.4 is 0 Å². The first-order chi connectivity index (χ1) is 14.8. The van der Waals surface area contributed by atoms with Crippen LogP contribution in [0, 0.1) is 0 Å². The maximum Gasteiger partial charge on any atom is 0.223 e. The van der Waals surface area contributed by atoms with Gasteiger partial charge < -0.3 is 9.80 Å². The molecule has 0 aliphatic carbocycles. The quantitative estimate of drug-likeness (QED) is 0.614. The second-order valence-corrected chi connectivity index (χ2v) is 10.0. The topological polar surface area (TPSA) is 81.2 Å². The average Bonchev–Trinajstić information content (AvgIpc) is 2.78. The van der Waals surface area contributed by atoms with Crippen molar-refractivity contribution in [3.8, 4) is 0 Å². The second kappa shape index (κ2) is 10.9. The average molecular weight is 449 g/mol. The summed E-state index contributed by atoms with van der Waals surface area (Å²) in [5.74, 6) is -0.0613. The number of hydrogen-bond acceptors (Lipinski definition) is 5. The Morgan fingerprint density at radius 2 is 1.35 bits per heavy atom. The van der Waals surface area contributed by atoms with Gasteiger partial charge in [0.2, 0.25) is 21.8 Å². The van der Waals surface area contributed by atoms with Crippen LogP contribution in [0.1, 0.15) is 18.4 Å². The molecule has 9 heteroatoms. The minimum absolute atomic E-state index is 0.0163. The fourth-order valence-electron chi connectivity index (χ4n) is 3.88. The first-order valence-corrected chi connectivity index (χ1v) is 12.6. The Morgan fingerprint density at radius 3 is 1.87 bits per heavy atom. The van der Waals surface area contributed by atoms with Gasteiger partial charge in [-0.1, -0.05) is 42.5 Å². The molecule has 2 amide bonds. The Kier molecular flexibility index (Phi) is 8.22. The van der Waals surface area contributed by atoms with Crippen LogP contribution in [0.25, 0.3) is 6.08 Å². The van der Waals surface area contributed by atoms with E-state index in [1.54, 1.807) is 4.90 Å². The van der Waals surface area contributed by atoms with Gasteiger partial charge in [-0.25, -0.2) is 8.42 Å². The third-order valence-corrected chi connectivity index (χ3v) is 7.11. The standard InChI is InChI=1S/C22H32N4O4S/c1-31(29,30)26-18-16-25(17-19-26)22(28)10-9-21(27)24-14-12-23(13-15-24)11-5-8-20-6-3-2-4-7-20/h2-8H,9-19H2,1H3/b8-5+. The largest absolute Gasteiger partial charge is 0.340 e. The lowest BCUT2D eigenvalue weighted by Gasteiger charge is -2.35. The monoisotopic (exact) mass is 448 g/mol. The van der Waals surface area contributed by atoms with E-state index in [1.165, 1.54) is 16.1 Å². The van der Waals surface area contributed by atoms with Crippen molar-refractivity contribution in [1.82, 2.24) is 19.0 Å². The molecule has 2 aliphatic heterocycles. The van der Waals surface area contributed by atoms with E-state index >= 15 is 0 Å². The van der Waals surface area contributed by atoms with Crippen molar-refractivity contribution in [3.63, 3.8) is 0 Å². The Labute approximate surface area is 185 Å². The second-order valence-electron chi connectivity index (χ2n) is 8.04. The highest BCUT2D eigenvalue weighted by atomic mass is 32.2. The molecule has 0 bridgehead atoms. The highest BCUT2D eigenvalue weighted by molar-refractivity contribution is 7.88. The summed E-state index contributed by atoms with van der Waals surface area (Å²) in [5.41, 5.74) is 1.18. The fourth-order valence-corrected chi connectivity index (χ4v) is 4.71. The zero-order valence-corrected chi connectivity index (χ0v) is 19.0. The maximum absolute atomic E-state index is 12.5. The van der Waals surface area contributed by atoms with Crippen LogP contribution in [0.3, 0.4) is 0 Å². The van der Waals surface area contributed by atoms with Crippen molar-refractivity contribution in [1.29, 1.82) is 0 Å². The van der Waals surface area contributed by atoms with Gasteiger partial charge in [-0.15, -0.1) is 0 Å². The number of nitrogens with zero attached hydrogens (tertiary/aromatic N) is 4. The van der Waals surface area contributed by atoms with Crippen LogP contribution >= 0.6 is 0 Å². The highest BCUT2D eigenvalue weighted by Gasteiger charge is 2.27. The minimum atomic E-state index is -3.21. The number of hydrogen-bond donors (Lipinski definition) is 0. The summed E-state index contributed by atoms with van der Waals surface area (Å²) in [6.07, 6.45) is 5.83. The summed E-state index contributed by atoms with van der Waals surface area (Å²) in [7, 11) is -3.21. The number of carbonyl (C=O) groups is 2. The molecule has 2 aliphatic rings. The van der Waals surface area contributed by atoms with E-state index < -0.39 is 10.0 Å². The first-order valence-electron chi connectivity index (χ1n) is 10.8. The van der Waals surface area contributed by atoms with Crippen LogP contribution in [0.4, 0.5) is 0 Å². The van der Waals surface area contributed by atoms with E-state index in [0.717, 1.165) is 19.6 Å². The smallest absolute Gasteiger partial charge is 0.223 e. The van der Waals surface area contributed by atoms with Gasteiger partial charge in [-0.2, -0.15) is 4.31 Å². The molecule has 1 aromatic carbocycles. The third-order valence-electron chi connectivity index (χ3n) is 5.81. The molecular formula is C22H32N4O4S. The Balaban J connectivity index is 1.34. The molecule has 0 N–H and O–H groups in total. The zero-order valence-electron chi connectivity index (χ0n) is 18.1. The van der Waals surface area contributed by atoms with Gasteiger partial charge in [0.05, 0.1) is 6.26 Å². The van der Waals surface area contributed by atoms with Crippen molar-refractivity contribution in [2.75, 3.05) is 65.2 Å². The molecule has 0 aromatic heterocycles. The summed E-state index contributed by atoms with van der Waals surface area (Å²) in [5, 5.41) is 0. The lowest BCUT2D eigenvalue weighted by Crippen LogP contribution is -2.51. The predicted octanol–water partition coefficient (Wildman–Crippen LogP) is 0.728. The van der Waals surface area contributed by atoms with E-state index in [4.69, 9.17) is 0 Å². The van der Waals surface area contributed by atoms with Crippen LogP contribution in [-0.2, 0) is 19.6 Å². The Hall–Kier alpha value is -2.23. The Morgan fingerprint density at radius 1 is 0.839 bits per heavy atom. The number of sulfonamides is 1. The number of piperazine rings is 2. The van der Waals surface area contributed by atoms with E-state index in [9.17, 15) is 18.0 Å². The fraction of sp³-hybridized carbons (Fsp3) is 0.545. The van der Waals surface area contributed by atoms with Gasteiger partial charge in [0.1, 0.15) is 0 Å². The number of benzene rings is 1. The molecule has 0 radical (unpaired) electrons. The van der Waals surface area contributed by atoms with Crippen LogP contribution in [0.5, 0.6) is 0 Å². The SMILES string of the molecule is CS(=O)(=O)N1CCN(C(=O)CCC(=O)N2CCN(C/C=C/c3ccccc3)CC2)CC1. The molecular weight excluding hydrogens is 416 g/mol. The van der Waals surface area contributed by atoms with Crippen molar-refractivity contribution in [2.24, 2.45) is 0 Å².